The zero-order chi connectivity index (χ0) is 14.7. The first-order valence-corrected chi connectivity index (χ1v) is 6.85. The molecule has 2 aromatic carbocycles. The summed E-state index contributed by atoms with van der Waals surface area (Å²) >= 11 is 0. The van der Waals surface area contributed by atoms with Gasteiger partial charge in [-0.05, 0) is 48.2 Å². The van der Waals surface area contributed by atoms with Gasteiger partial charge in [0, 0.05) is 17.8 Å². The lowest BCUT2D eigenvalue weighted by Gasteiger charge is -2.17. The molecule has 2 aromatic rings. The lowest BCUT2D eigenvalue weighted by atomic mass is 10.0. The van der Waals surface area contributed by atoms with Crippen molar-refractivity contribution in [3.05, 3.63) is 53.6 Å². The van der Waals surface area contributed by atoms with E-state index in [0.29, 0.717) is 5.92 Å². The molecule has 20 heavy (non-hydrogen) atoms. The Morgan fingerprint density at radius 1 is 0.800 bits per heavy atom. The fourth-order valence-electron chi connectivity index (χ4n) is 2.17. The number of phenolic OH excluding ortho intramolecular Hbond substituents is 2. The molecule has 0 amide bonds. The smallest absolute Gasteiger partial charge is 0.119 e. The van der Waals surface area contributed by atoms with Gasteiger partial charge in [-0.2, -0.15) is 0 Å². The van der Waals surface area contributed by atoms with E-state index >= 15 is 0 Å². The van der Waals surface area contributed by atoms with Gasteiger partial charge in [-0.1, -0.05) is 26.0 Å². The molecule has 0 saturated heterocycles. The minimum atomic E-state index is -0.00194. The van der Waals surface area contributed by atoms with Gasteiger partial charge >= 0.3 is 0 Å². The SMILES string of the molecule is CC(C)c1ccc(NC(C)c2cc(O)cc(O)c2)cc1. The third-order valence-electron chi connectivity index (χ3n) is 3.39. The van der Waals surface area contributed by atoms with Crippen LogP contribution < -0.4 is 5.32 Å². The van der Waals surface area contributed by atoms with Crippen LogP contribution in [0.1, 0.15) is 43.9 Å². The summed E-state index contributed by atoms with van der Waals surface area (Å²) < 4.78 is 0. The highest BCUT2D eigenvalue weighted by Gasteiger charge is 2.08. The quantitative estimate of drug-likeness (QED) is 0.772. The predicted molar refractivity (Wildman–Crippen MR) is 82.3 cm³/mol. The van der Waals surface area contributed by atoms with Crippen molar-refractivity contribution in [2.45, 2.75) is 32.7 Å². The van der Waals surface area contributed by atoms with Gasteiger partial charge in [-0.15, -0.1) is 0 Å². The second-order valence-corrected chi connectivity index (χ2v) is 5.43. The second kappa shape index (κ2) is 5.87. The molecular weight excluding hydrogens is 250 g/mol. The molecule has 0 aliphatic heterocycles. The van der Waals surface area contributed by atoms with E-state index in [9.17, 15) is 10.2 Å². The fourth-order valence-corrected chi connectivity index (χ4v) is 2.17. The minimum Gasteiger partial charge on any atom is -0.508 e. The molecular formula is C17H21NO2. The van der Waals surface area contributed by atoms with E-state index in [2.05, 4.69) is 43.4 Å². The van der Waals surface area contributed by atoms with Gasteiger partial charge in [-0.3, -0.25) is 0 Å². The second-order valence-electron chi connectivity index (χ2n) is 5.43. The molecule has 1 atom stereocenters. The van der Waals surface area contributed by atoms with Crippen molar-refractivity contribution in [2.24, 2.45) is 0 Å². The number of hydrogen-bond donors (Lipinski definition) is 3. The third kappa shape index (κ3) is 3.44. The average molecular weight is 271 g/mol. The Labute approximate surface area is 119 Å². The van der Waals surface area contributed by atoms with E-state index in [0.717, 1.165) is 11.3 Å². The Bertz CT molecular complexity index is 556. The summed E-state index contributed by atoms with van der Waals surface area (Å²) in [6.45, 7) is 6.33. The Balaban J connectivity index is 2.12. The number of nitrogens with one attached hydrogen (secondary N) is 1. The number of anilines is 1. The maximum Gasteiger partial charge on any atom is 0.119 e. The minimum absolute atomic E-state index is 0.00194. The number of rotatable bonds is 4. The van der Waals surface area contributed by atoms with Crippen molar-refractivity contribution in [3.63, 3.8) is 0 Å². The highest BCUT2D eigenvalue weighted by Crippen LogP contribution is 2.27. The van der Waals surface area contributed by atoms with Crippen LogP contribution in [0.4, 0.5) is 5.69 Å². The first-order chi connectivity index (χ1) is 9.45. The Morgan fingerprint density at radius 3 is 1.85 bits per heavy atom. The summed E-state index contributed by atoms with van der Waals surface area (Å²) in [6, 6.07) is 13.0. The number of phenols is 2. The lowest BCUT2D eigenvalue weighted by molar-refractivity contribution is 0.448. The van der Waals surface area contributed by atoms with Gasteiger partial charge in [0.2, 0.25) is 0 Å². The van der Waals surface area contributed by atoms with Crippen LogP contribution in [0.3, 0.4) is 0 Å². The van der Waals surface area contributed by atoms with Gasteiger partial charge in [0.05, 0.1) is 0 Å². The monoisotopic (exact) mass is 271 g/mol. The topological polar surface area (TPSA) is 52.5 Å². The van der Waals surface area contributed by atoms with Crippen LogP contribution in [-0.2, 0) is 0 Å². The van der Waals surface area contributed by atoms with Gasteiger partial charge in [0.1, 0.15) is 11.5 Å². The third-order valence-corrected chi connectivity index (χ3v) is 3.39. The Morgan fingerprint density at radius 2 is 1.35 bits per heavy atom. The van der Waals surface area contributed by atoms with Gasteiger partial charge in [-0.25, -0.2) is 0 Å². The lowest BCUT2D eigenvalue weighted by Crippen LogP contribution is -2.06. The van der Waals surface area contributed by atoms with Crippen molar-refractivity contribution >= 4 is 5.69 Å². The molecule has 106 valence electrons. The van der Waals surface area contributed by atoms with E-state index in [4.69, 9.17) is 0 Å². The summed E-state index contributed by atoms with van der Waals surface area (Å²) in [5.74, 6) is 0.664. The zero-order valence-corrected chi connectivity index (χ0v) is 12.1. The van der Waals surface area contributed by atoms with Crippen LogP contribution in [0, 0.1) is 0 Å². The summed E-state index contributed by atoms with van der Waals surface area (Å²) in [7, 11) is 0. The number of hydrogen-bond acceptors (Lipinski definition) is 3. The first-order valence-electron chi connectivity index (χ1n) is 6.85. The molecule has 0 aromatic heterocycles. The molecule has 3 nitrogen and oxygen atoms in total. The summed E-state index contributed by atoms with van der Waals surface area (Å²) in [5.41, 5.74) is 3.17. The highest BCUT2D eigenvalue weighted by molar-refractivity contribution is 5.48. The number of benzene rings is 2. The van der Waals surface area contributed by atoms with Gasteiger partial charge in [0.25, 0.3) is 0 Å². The highest BCUT2D eigenvalue weighted by atomic mass is 16.3. The van der Waals surface area contributed by atoms with E-state index in [1.807, 2.05) is 6.92 Å². The molecule has 3 N–H and O–H groups in total. The van der Waals surface area contributed by atoms with Crippen LogP contribution in [0.5, 0.6) is 11.5 Å². The van der Waals surface area contributed by atoms with Crippen molar-refractivity contribution in [3.8, 4) is 11.5 Å². The largest absolute Gasteiger partial charge is 0.508 e. The predicted octanol–water partition coefficient (Wildman–Crippen LogP) is 4.39. The standard InChI is InChI=1S/C17H21NO2/c1-11(2)13-4-6-15(7-5-13)18-12(3)14-8-16(19)10-17(20)9-14/h4-12,18-20H,1-3H3. The summed E-state index contributed by atoms with van der Waals surface area (Å²) in [4.78, 5) is 0. The fraction of sp³-hybridized carbons (Fsp3) is 0.294. The Kier molecular flexibility index (Phi) is 4.18. The van der Waals surface area contributed by atoms with Gasteiger partial charge in [0.15, 0.2) is 0 Å². The summed E-state index contributed by atoms with van der Waals surface area (Å²) in [5, 5.41) is 22.4. The molecule has 1 unspecified atom stereocenters. The van der Waals surface area contributed by atoms with Crippen molar-refractivity contribution in [1.82, 2.24) is 0 Å². The molecule has 0 aliphatic rings. The molecule has 0 heterocycles. The van der Waals surface area contributed by atoms with Crippen molar-refractivity contribution < 1.29 is 10.2 Å². The van der Waals surface area contributed by atoms with E-state index in [1.54, 1.807) is 12.1 Å². The molecule has 0 radical (unpaired) electrons. The maximum absolute atomic E-state index is 9.52. The van der Waals surface area contributed by atoms with Crippen molar-refractivity contribution in [2.75, 3.05) is 5.32 Å². The summed E-state index contributed by atoms with van der Waals surface area (Å²) in [6.07, 6.45) is 0. The van der Waals surface area contributed by atoms with E-state index in [1.165, 1.54) is 11.6 Å². The molecule has 3 heteroatoms. The van der Waals surface area contributed by atoms with E-state index < -0.39 is 0 Å². The number of aromatic hydroxyl groups is 2. The molecule has 0 spiro atoms. The molecule has 2 rings (SSSR count). The van der Waals surface area contributed by atoms with Crippen LogP contribution in [0.25, 0.3) is 0 Å². The average Bonchev–Trinajstić information content (AvgIpc) is 2.38. The van der Waals surface area contributed by atoms with Crippen LogP contribution in [0.2, 0.25) is 0 Å². The van der Waals surface area contributed by atoms with Crippen LogP contribution in [-0.4, -0.2) is 10.2 Å². The molecule has 0 aliphatic carbocycles. The molecule has 0 fully saturated rings. The maximum atomic E-state index is 9.52. The van der Waals surface area contributed by atoms with Crippen LogP contribution in [0.15, 0.2) is 42.5 Å². The molecule has 0 saturated carbocycles. The van der Waals surface area contributed by atoms with Gasteiger partial charge < -0.3 is 15.5 Å². The first kappa shape index (κ1) is 14.3. The zero-order valence-electron chi connectivity index (χ0n) is 12.1. The normalized spacial score (nSPS) is 12.4. The van der Waals surface area contributed by atoms with Crippen molar-refractivity contribution in [1.29, 1.82) is 0 Å². The molecule has 0 bridgehead atoms. The van der Waals surface area contributed by atoms with E-state index in [-0.39, 0.29) is 17.5 Å². The van der Waals surface area contributed by atoms with Crippen LogP contribution >= 0.6 is 0 Å². The Hall–Kier alpha value is -2.16.